The Hall–Kier alpha value is -0.850. The normalized spacial score (nSPS) is 17.6. The monoisotopic (exact) mass is 149 g/mol. The Bertz CT molecular complexity index is 187. The van der Waals surface area contributed by atoms with Gasteiger partial charge in [0, 0.05) is 12.5 Å². The third-order valence-electron chi connectivity index (χ3n) is 2.17. The van der Waals surface area contributed by atoms with Crippen molar-refractivity contribution in [3.8, 4) is 0 Å². The first-order chi connectivity index (χ1) is 5.17. The van der Waals surface area contributed by atoms with Crippen molar-refractivity contribution in [1.82, 2.24) is 0 Å². The molecule has 1 heteroatoms. The summed E-state index contributed by atoms with van der Waals surface area (Å²) in [5.41, 5.74) is 0.227. The lowest BCUT2D eigenvalue weighted by atomic mass is 9.80. The van der Waals surface area contributed by atoms with E-state index in [4.69, 9.17) is 0 Å². The number of aliphatic imine (C=N–C) groups is 1. The zero-order valence-electron chi connectivity index (χ0n) is 7.25. The number of hydrogen-bond donors (Lipinski definition) is 0. The summed E-state index contributed by atoms with van der Waals surface area (Å²) in [6.07, 6.45) is 8.61. The second kappa shape index (κ2) is 3.04. The summed E-state index contributed by atoms with van der Waals surface area (Å²) in [6, 6.07) is 0. The second-order valence-corrected chi connectivity index (χ2v) is 3.67. The molecule has 0 unspecified atom stereocenters. The zero-order valence-corrected chi connectivity index (χ0v) is 7.25. The largest absolute Gasteiger partial charge is 0.300 e. The third-order valence-corrected chi connectivity index (χ3v) is 2.17. The molecule has 0 aromatic carbocycles. The number of allylic oxidation sites excluding steroid dienone is 4. The van der Waals surface area contributed by atoms with Crippen LogP contribution in [0.15, 0.2) is 29.3 Å². The lowest BCUT2D eigenvalue weighted by Crippen LogP contribution is -2.23. The van der Waals surface area contributed by atoms with E-state index in [1.807, 2.05) is 0 Å². The molecule has 0 saturated carbocycles. The maximum absolute atomic E-state index is 3.93. The molecule has 0 spiro atoms. The summed E-state index contributed by atoms with van der Waals surface area (Å²) < 4.78 is 0. The predicted molar refractivity (Wildman–Crippen MR) is 50.0 cm³/mol. The zero-order chi connectivity index (χ0) is 8.32. The fourth-order valence-corrected chi connectivity index (χ4v) is 1.35. The van der Waals surface area contributed by atoms with Gasteiger partial charge < -0.3 is 4.99 Å². The minimum absolute atomic E-state index is 0.227. The molecular weight excluding hydrogens is 134 g/mol. The molecule has 60 valence electrons. The van der Waals surface area contributed by atoms with Gasteiger partial charge in [0.05, 0.1) is 0 Å². The average Bonchev–Trinajstić information content (AvgIpc) is 2.37. The third kappa shape index (κ3) is 1.79. The molecule has 1 rings (SSSR count). The quantitative estimate of drug-likeness (QED) is 0.546. The molecule has 0 aromatic rings. The van der Waals surface area contributed by atoms with Crippen molar-refractivity contribution in [2.24, 2.45) is 16.3 Å². The van der Waals surface area contributed by atoms with Gasteiger partial charge in [0.25, 0.3) is 0 Å². The Morgan fingerprint density at radius 1 is 1.36 bits per heavy atom. The van der Waals surface area contributed by atoms with Crippen molar-refractivity contribution in [1.29, 1.82) is 0 Å². The molecule has 0 fully saturated rings. The van der Waals surface area contributed by atoms with Crippen molar-refractivity contribution < 1.29 is 0 Å². The Balaban J connectivity index is 2.63. The van der Waals surface area contributed by atoms with E-state index in [0.717, 1.165) is 6.54 Å². The van der Waals surface area contributed by atoms with Crippen LogP contribution >= 0.6 is 0 Å². The fraction of sp³-hybridized carbons (Fsp3) is 0.500. The van der Waals surface area contributed by atoms with Gasteiger partial charge in [-0.15, -0.1) is 0 Å². The van der Waals surface area contributed by atoms with E-state index in [9.17, 15) is 0 Å². The molecule has 0 amide bonds. The summed E-state index contributed by atoms with van der Waals surface area (Å²) in [6.45, 7) is 8.77. The van der Waals surface area contributed by atoms with Gasteiger partial charge in [-0.1, -0.05) is 38.2 Å². The van der Waals surface area contributed by atoms with E-state index >= 15 is 0 Å². The van der Waals surface area contributed by atoms with Crippen molar-refractivity contribution in [2.75, 3.05) is 6.54 Å². The first-order valence-electron chi connectivity index (χ1n) is 3.94. The van der Waals surface area contributed by atoms with Crippen LogP contribution in [0.2, 0.25) is 0 Å². The smallest absolute Gasteiger partial charge is 0.0441 e. The molecule has 1 aliphatic rings. The molecule has 0 aliphatic heterocycles. The first-order valence-corrected chi connectivity index (χ1v) is 3.94. The van der Waals surface area contributed by atoms with Crippen LogP contribution in [0.5, 0.6) is 0 Å². The molecule has 11 heavy (non-hydrogen) atoms. The lowest BCUT2D eigenvalue weighted by molar-refractivity contribution is 0.320. The van der Waals surface area contributed by atoms with Gasteiger partial charge in [0.15, 0.2) is 0 Å². The summed E-state index contributed by atoms with van der Waals surface area (Å²) in [5, 5.41) is 0. The fourth-order valence-electron chi connectivity index (χ4n) is 1.35. The molecule has 1 aliphatic carbocycles. The maximum atomic E-state index is 3.93. The molecule has 0 aromatic heterocycles. The lowest BCUT2D eigenvalue weighted by Gasteiger charge is -2.26. The summed E-state index contributed by atoms with van der Waals surface area (Å²) in [7, 11) is 0. The molecule has 0 saturated heterocycles. The van der Waals surface area contributed by atoms with E-state index in [1.54, 1.807) is 0 Å². The number of nitrogens with zero attached hydrogens (tertiary/aromatic N) is 1. The first kappa shape index (κ1) is 8.25. The molecule has 1 nitrogen and oxygen atoms in total. The Morgan fingerprint density at radius 2 is 1.91 bits per heavy atom. The molecular formula is C10H15N. The average molecular weight is 149 g/mol. The minimum Gasteiger partial charge on any atom is -0.300 e. The molecule has 0 heterocycles. The maximum Gasteiger partial charge on any atom is 0.0441 e. The summed E-state index contributed by atoms with van der Waals surface area (Å²) in [5.74, 6) is 0.535. The van der Waals surface area contributed by atoms with E-state index in [2.05, 4.69) is 49.9 Å². The van der Waals surface area contributed by atoms with Gasteiger partial charge in [-0.3, -0.25) is 0 Å². The highest BCUT2D eigenvalue weighted by Gasteiger charge is 2.25. The molecule has 0 atom stereocenters. The van der Waals surface area contributed by atoms with Gasteiger partial charge in [0.2, 0.25) is 0 Å². The number of rotatable bonds is 3. The van der Waals surface area contributed by atoms with Gasteiger partial charge in [0.1, 0.15) is 0 Å². The van der Waals surface area contributed by atoms with Crippen LogP contribution in [0.1, 0.15) is 13.8 Å². The minimum atomic E-state index is 0.227. The van der Waals surface area contributed by atoms with E-state index in [-0.39, 0.29) is 5.41 Å². The Kier molecular flexibility index (Phi) is 2.28. The molecule has 0 radical (unpaired) electrons. The van der Waals surface area contributed by atoms with Crippen LogP contribution in [0.4, 0.5) is 0 Å². The predicted octanol–water partition coefficient (Wildman–Crippen LogP) is 2.46. The second-order valence-electron chi connectivity index (χ2n) is 3.67. The van der Waals surface area contributed by atoms with Gasteiger partial charge in [-0.25, -0.2) is 0 Å². The van der Waals surface area contributed by atoms with Crippen LogP contribution in [0, 0.1) is 11.3 Å². The van der Waals surface area contributed by atoms with Gasteiger partial charge in [-0.2, -0.15) is 0 Å². The highest BCUT2D eigenvalue weighted by atomic mass is 14.7. The molecule has 0 N–H and O–H groups in total. The Labute approximate surface area is 68.5 Å². The van der Waals surface area contributed by atoms with Crippen LogP contribution in [0.3, 0.4) is 0 Å². The SMILES string of the molecule is C=NCC(C)(C)C1C=CC=C1. The molecule has 0 bridgehead atoms. The van der Waals surface area contributed by atoms with Crippen LogP contribution in [-0.2, 0) is 0 Å². The van der Waals surface area contributed by atoms with Crippen molar-refractivity contribution in [3.63, 3.8) is 0 Å². The topological polar surface area (TPSA) is 12.4 Å². The summed E-state index contributed by atoms with van der Waals surface area (Å²) in [4.78, 5) is 3.93. The van der Waals surface area contributed by atoms with Crippen LogP contribution in [0.25, 0.3) is 0 Å². The van der Waals surface area contributed by atoms with Crippen LogP contribution in [-0.4, -0.2) is 13.3 Å². The standard InChI is InChI=1S/C10H15N/c1-10(2,8-11-3)9-6-4-5-7-9/h4-7,9H,3,8H2,1-2H3. The van der Waals surface area contributed by atoms with Crippen LogP contribution < -0.4 is 0 Å². The number of hydrogen-bond acceptors (Lipinski definition) is 1. The van der Waals surface area contributed by atoms with Crippen molar-refractivity contribution in [2.45, 2.75) is 13.8 Å². The van der Waals surface area contributed by atoms with Gasteiger partial charge >= 0.3 is 0 Å². The Morgan fingerprint density at radius 3 is 2.36 bits per heavy atom. The van der Waals surface area contributed by atoms with E-state index in [0.29, 0.717) is 5.92 Å². The highest BCUT2D eigenvalue weighted by molar-refractivity contribution is 5.25. The van der Waals surface area contributed by atoms with Crippen molar-refractivity contribution in [3.05, 3.63) is 24.3 Å². The van der Waals surface area contributed by atoms with Gasteiger partial charge in [-0.05, 0) is 12.1 Å². The van der Waals surface area contributed by atoms with Crippen molar-refractivity contribution >= 4 is 6.72 Å². The van der Waals surface area contributed by atoms with E-state index in [1.165, 1.54) is 0 Å². The van der Waals surface area contributed by atoms with E-state index < -0.39 is 0 Å². The summed E-state index contributed by atoms with van der Waals surface area (Å²) >= 11 is 0. The highest BCUT2D eigenvalue weighted by Crippen LogP contribution is 2.31.